The van der Waals surface area contributed by atoms with Crippen molar-refractivity contribution in [2.45, 2.75) is 32.2 Å². The molecule has 1 heterocycles. The molecule has 1 fully saturated rings. The van der Waals surface area contributed by atoms with Crippen molar-refractivity contribution < 1.29 is 4.79 Å². The van der Waals surface area contributed by atoms with Crippen LogP contribution in [0.5, 0.6) is 0 Å². The first-order valence-corrected chi connectivity index (χ1v) is 5.45. The molecule has 1 amide bonds. The second-order valence-electron chi connectivity index (χ2n) is 3.92. The lowest BCUT2D eigenvalue weighted by atomic mass is 10.2. The number of nitrogens with one attached hydrogen (secondary N) is 1. The number of carbonyl (C=O) groups excluding carboxylic acids is 1. The summed E-state index contributed by atoms with van der Waals surface area (Å²) in [7, 11) is 0. The van der Waals surface area contributed by atoms with E-state index in [1.165, 1.54) is 12.8 Å². The Morgan fingerprint density at radius 1 is 1.62 bits per heavy atom. The van der Waals surface area contributed by atoms with E-state index in [4.69, 9.17) is 0 Å². The fourth-order valence-corrected chi connectivity index (χ4v) is 1.55. The van der Waals surface area contributed by atoms with Crippen LogP contribution < -0.4 is 5.32 Å². The predicted molar refractivity (Wildman–Crippen MR) is 61.5 cm³/mol. The highest BCUT2D eigenvalue weighted by atomic mass is 16.1. The van der Waals surface area contributed by atoms with Gasteiger partial charge in [-0.15, -0.1) is 0 Å². The minimum absolute atomic E-state index is 0.229. The monoisotopic (exact) mass is 214 g/mol. The first kappa shape index (κ1) is 10.7. The number of aromatic nitrogens is 1. The first-order valence-electron chi connectivity index (χ1n) is 5.45. The molecular weight excluding hydrogens is 200 g/mol. The molecular formula is C13H14N2O. The molecule has 1 N–H and O–H groups in total. The highest BCUT2D eigenvalue weighted by Gasteiger charge is 2.24. The molecule has 1 aromatic rings. The summed E-state index contributed by atoms with van der Waals surface area (Å²) in [6.07, 6.45) is 4.29. The summed E-state index contributed by atoms with van der Waals surface area (Å²) in [4.78, 5) is 15.5. The van der Waals surface area contributed by atoms with Crippen molar-refractivity contribution in [3.05, 3.63) is 29.6 Å². The molecule has 0 atom stereocenters. The van der Waals surface area contributed by atoms with Gasteiger partial charge < -0.3 is 5.32 Å². The van der Waals surface area contributed by atoms with Crippen LogP contribution in [0.2, 0.25) is 0 Å². The Bertz CT molecular complexity index is 452. The zero-order chi connectivity index (χ0) is 11.4. The van der Waals surface area contributed by atoms with Gasteiger partial charge in [0.05, 0.1) is 0 Å². The fraction of sp³-hybridized carbons (Fsp3) is 0.385. The summed E-state index contributed by atoms with van der Waals surface area (Å²) in [5.41, 5.74) is 2.23. The van der Waals surface area contributed by atoms with Crippen LogP contribution in [0.15, 0.2) is 18.3 Å². The van der Waals surface area contributed by atoms with Gasteiger partial charge in [0.2, 0.25) is 0 Å². The highest BCUT2D eigenvalue weighted by Crippen LogP contribution is 2.38. The van der Waals surface area contributed by atoms with Gasteiger partial charge in [-0.1, -0.05) is 5.92 Å². The molecule has 1 saturated carbocycles. The normalized spacial score (nSPS) is 13.8. The van der Waals surface area contributed by atoms with E-state index in [-0.39, 0.29) is 5.91 Å². The summed E-state index contributed by atoms with van der Waals surface area (Å²) in [6.45, 7) is 2.17. The molecule has 1 aromatic heterocycles. The zero-order valence-corrected chi connectivity index (χ0v) is 9.29. The van der Waals surface area contributed by atoms with Crippen LogP contribution in [0.4, 0.5) is 0 Å². The van der Waals surface area contributed by atoms with E-state index >= 15 is 0 Å². The van der Waals surface area contributed by atoms with E-state index in [2.05, 4.69) is 28.2 Å². The van der Waals surface area contributed by atoms with E-state index in [1.807, 2.05) is 6.07 Å². The van der Waals surface area contributed by atoms with Crippen molar-refractivity contribution in [1.82, 2.24) is 10.3 Å². The summed E-state index contributed by atoms with van der Waals surface area (Å²) in [5.74, 6) is 5.43. The van der Waals surface area contributed by atoms with Crippen LogP contribution in [-0.4, -0.2) is 10.9 Å². The zero-order valence-electron chi connectivity index (χ0n) is 9.29. The summed E-state index contributed by atoms with van der Waals surface area (Å²) >= 11 is 0. The molecule has 1 aliphatic rings. The van der Waals surface area contributed by atoms with Crippen LogP contribution in [0, 0.1) is 11.8 Å². The van der Waals surface area contributed by atoms with Gasteiger partial charge in [-0.2, -0.15) is 0 Å². The SMILES string of the molecule is CC#CC(=O)NCc1ccnc(C2CC2)c1. The number of rotatable bonds is 3. The number of amides is 1. The molecule has 82 valence electrons. The maximum Gasteiger partial charge on any atom is 0.296 e. The number of hydrogen-bond donors (Lipinski definition) is 1. The Balaban J connectivity index is 1.95. The van der Waals surface area contributed by atoms with Gasteiger partial charge in [0, 0.05) is 24.4 Å². The van der Waals surface area contributed by atoms with Crippen molar-refractivity contribution in [2.24, 2.45) is 0 Å². The van der Waals surface area contributed by atoms with Gasteiger partial charge in [-0.05, 0) is 43.4 Å². The summed E-state index contributed by atoms with van der Waals surface area (Å²) < 4.78 is 0. The Hall–Kier alpha value is -1.82. The maximum atomic E-state index is 11.1. The molecule has 3 heteroatoms. The van der Waals surface area contributed by atoms with Crippen LogP contribution >= 0.6 is 0 Å². The number of hydrogen-bond acceptors (Lipinski definition) is 2. The molecule has 2 rings (SSSR count). The molecule has 0 spiro atoms. The van der Waals surface area contributed by atoms with E-state index in [9.17, 15) is 4.79 Å². The lowest BCUT2D eigenvalue weighted by Crippen LogP contribution is -2.20. The molecule has 0 aromatic carbocycles. The molecule has 1 aliphatic carbocycles. The topological polar surface area (TPSA) is 42.0 Å². The van der Waals surface area contributed by atoms with Gasteiger partial charge in [0.25, 0.3) is 5.91 Å². The Morgan fingerprint density at radius 3 is 3.12 bits per heavy atom. The lowest BCUT2D eigenvalue weighted by molar-refractivity contribution is -0.115. The second kappa shape index (κ2) is 4.80. The van der Waals surface area contributed by atoms with Crippen LogP contribution in [0.3, 0.4) is 0 Å². The fourth-order valence-electron chi connectivity index (χ4n) is 1.55. The van der Waals surface area contributed by atoms with Crippen molar-refractivity contribution in [3.8, 4) is 11.8 Å². The van der Waals surface area contributed by atoms with Gasteiger partial charge in [0.15, 0.2) is 0 Å². The summed E-state index contributed by atoms with van der Waals surface area (Å²) in [5, 5.41) is 2.75. The van der Waals surface area contributed by atoms with E-state index in [1.54, 1.807) is 13.1 Å². The van der Waals surface area contributed by atoms with Crippen LogP contribution in [0.25, 0.3) is 0 Å². The average Bonchev–Trinajstić information content (AvgIpc) is 3.11. The van der Waals surface area contributed by atoms with Crippen molar-refractivity contribution >= 4 is 5.91 Å². The smallest absolute Gasteiger partial charge is 0.296 e. The molecule has 0 saturated heterocycles. The number of nitrogens with zero attached hydrogens (tertiary/aromatic N) is 1. The standard InChI is InChI=1S/C13H14N2O/c1-2-3-13(16)15-9-10-6-7-14-12(8-10)11-4-5-11/h6-8,11H,4-5,9H2,1H3,(H,15,16). The average molecular weight is 214 g/mol. The molecule has 0 radical (unpaired) electrons. The van der Waals surface area contributed by atoms with Crippen LogP contribution in [0.1, 0.15) is 36.9 Å². The third kappa shape index (κ3) is 2.83. The van der Waals surface area contributed by atoms with Crippen molar-refractivity contribution in [1.29, 1.82) is 0 Å². The summed E-state index contributed by atoms with van der Waals surface area (Å²) in [6, 6.07) is 3.99. The predicted octanol–water partition coefficient (Wildman–Crippen LogP) is 1.60. The van der Waals surface area contributed by atoms with E-state index < -0.39 is 0 Å². The second-order valence-corrected chi connectivity index (χ2v) is 3.92. The van der Waals surface area contributed by atoms with Gasteiger partial charge in [0.1, 0.15) is 0 Å². The molecule has 16 heavy (non-hydrogen) atoms. The van der Waals surface area contributed by atoms with Crippen LogP contribution in [-0.2, 0) is 11.3 Å². The minimum atomic E-state index is -0.229. The Morgan fingerprint density at radius 2 is 2.44 bits per heavy atom. The highest BCUT2D eigenvalue weighted by molar-refractivity contribution is 5.93. The van der Waals surface area contributed by atoms with Crippen molar-refractivity contribution in [3.63, 3.8) is 0 Å². The quantitative estimate of drug-likeness (QED) is 0.776. The minimum Gasteiger partial charge on any atom is -0.341 e. The van der Waals surface area contributed by atoms with E-state index in [0.717, 1.165) is 11.3 Å². The number of pyridine rings is 1. The molecule has 0 bridgehead atoms. The molecule has 0 unspecified atom stereocenters. The van der Waals surface area contributed by atoms with Crippen molar-refractivity contribution in [2.75, 3.05) is 0 Å². The van der Waals surface area contributed by atoms with E-state index in [0.29, 0.717) is 12.5 Å². The molecule has 3 nitrogen and oxygen atoms in total. The number of carbonyl (C=O) groups is 1. The first-order chi connectivity index (χ1) is 7.79. The lowest BCUT2D eigenvalue weighted by Gasteiger charge is -2.03. The Kier molecular flexibility index (Phi) is 3.21. The third-order valence-electron chi connectivity index (χ3n) is 2.53. The van der Waals surface area contributed by atoms with Gasteiger partial charge in [-0.25, -0.2) is 0 Å². The largest absolute Gasteiger partial charge is 0.341 e. The third-order valence-corrected chi connectivity index (χ3v) is 2.53. The van der Waals surface area contributed by atoms with Gasteiger partial charge >= 0.3 is 0 Å². The Labute approximate surface area is 95.3 Å². The van der Waals surface area contributed by atoms with Gasteiger partial charge in [-0.3, -0.25) is 9.78 Å². The molecule has 0 aliphatic heterocycles. The maximum absolute atomic E-state index is 11.1.